The third kappa shape index (κ3) is 2.44. The van der Waals surface area contributed by atoms with E-state index in [4.69, 9.17) is 5.11 Å². The molecule has 0 aliphatic carbocycles. The predicted molar refractivity (Wildman–Crippen MR) is 50.4 cm³/mol. The van der Waals surface area contributed by atoms with Gasteiger partial charge in [0.05, 0.1) is 11.1 Å². The average Bonchev–Trinajstić information content (AvgIpc) is 2.06. The highest BCUT2D eigenvalue weighted by atomic mass is 32.1. The number of aromatic carboxylic acids is 1. The lowest BCUT2D eigenvalue weighted by Crippen LogP contribution is -2.10. The van der Waals surface area contributed by atoms with Crippen LogP contribution in [0.4, 0.5) is 13.2 Å². The Balaban J connectivity index is 3.45. The molecule has 0 fully saturated rings. The van der Waals surface area contributed by atoms with E-state index in [1.54, 1.807) is 0 Å². The lowest BCUT2D eigenvalue weighted by atomic mass is 10.0. The Morgan fingerprint density at radius 3 is 2.33 bits per heavy atom. The molecule has 0 aliphatic rings. The van der Waals surface area contributed by atoms with Crippen LogP contribution in [0.5, 0.6) is 0 Å². The van der Waals surface area contributed by atoms with Crippen LogP contribution < -0.4 is 0 Å². The Kier molecular flexibility index (Phi) is 2.99. The molecule has 0 amide bonds. The molecule has 1 aromatic rings. The molecule has 2 nitrogen and oxygen atoms in total. The van der Waals surface area contributed by atoms with Crippen molar-refractivity contribution in [3.8, 4) is 0 Å². The highest BCUT2D eigenvalue weighted by molar-refractivity contribution is 7.80. The second-order valence-corrected chi connectivity index (χ2v) is 3.45. The van der Waals surface area contributed by atoms with Crippen LogP contribution in [0.25, 0.3) is 0 Å². The van der Waals surface area contributed by atoms with E-state index >= 15 is 0 Å². The van der Waals surface area contributed by atoms with E-state index in [0.29, 0.717) is 6.07 Å². The third-order valence-electron chi connectivity index (χ3n) is 1.93. The summed E-state index contributed by atoms with van der Waals surface area (Å²) < 4.78 is 37.3. The Labute approximate surface area is 89.1 Å². The molecule has 0 aromatic heterocycles. The summed E-state index contributed by atoms with van der Waals surface area (Å²) in [6.45, 7) is 1.25. The van der Waals surface area contributed by atoms with E-state index in [2.05, 4.69) is 12.6 Å². The molecule has 0 spiro atoms. The average molecular weight is 236 g/mol. The summed E-state index contributed by atoms with van der Waals surface area (Å²) in [7, 11) is 0. The minimum atomic E-state index is -4.56. The van der Waals surface area contributed by atoms with Crippen molar-refractivity contribution in [3.63, 3.8) is 0 Å². The van der Waals surface area contributed by atoms with Gasteiger partial charge in [0, 0.05) is 4.90 Å². The molecular weight excluding hydrogens is 229 g/mol. The molecule has 0 saturated heterocycles. The molecule has 0 bridgehead atoms. The summed E-state index contributed by atoms with van der Waals surface area (Å²) in [5.41, 5.74) is -1.46. The van der Waals surface area contributed by atoms with Crippen LogP contribution in [0.3, 0.4) is 0 Å². The quantitative estimate of drug-likeness (QED) is 0.735. The number of carboxylic acids is 1. The number of rotatable bonds is 1. The van der Waals surface area contributed by atoms with Gasteiger partial charge < -0.3 is 5.11 Å². The predicted octanol–water partition coefficient (Wildman–Crippen LogP) is 3.00. The van der Waals surface area contributed by atoms with Crippen LogP contribution in [0, 0.1) is 6.92 Å². The number of hydrogen-bond acceptors (Lipinski definition) is 2. The van der Waals surface area contributed by atoms with Gasteiger partial charge in [0.25, 0.3) is 0 Å². The first-order valence-corrected chi connectivity index (χ1v) is 4.32. The Morgan fingerprint density at radius 2 is 1.93 bits per heavy atom. The lowest BCUT2D eigenvalue weighted by molar-refractivity contribution is -0.138. The summed E-state index contributed by atoms with van der Waals surface area (Å²) in [5, 5.41) is 8.59. The fourth-order valence-corrected chi connectivity index (χ4v) is 1.38. The van der Waals surface area contributed by atoms with Crippen LogP contribution in [-0.2, 0) is 6.18 Å². The standard InChI is InChI=1S/C9H7F3O2S/c1-4-6(9(10,11)12)2-5(8(13)14)3-7(4)15/h2-3,15H,1H3,(H,13,14). The van der Waals surface area contributed by atoms with E-state index < -0.39 is 23.3 Å². The van der Waals surface area contributed by atoms with Gasteiger partial charge in [0.1, 0.15) is 0 Å². The second-order valence-electron chi connectivity index (χ2n) is 2.97. The largest absolute Gasteiger partial charge is 0.478 e. The number of thiol groups is 1. The molecule has 0 heterocycles. The first kappa shape index (κ1) is 11.9. The summed E-state index contributed by atoms with van der Waals surface area (Å²) in [6, 6.07) is 1.70. The zero-order valence-corrected chi connectivity index (χ0v) is 8.49. The number of carboxylic acid groups (broad SMARTS) is 1. The van der Waals surface area contributed by atoms with Gasteiger partial charge in [-0.05, 0) is 24.6 Å². The van der Waals surface area contributed by atoms with Crippen molar-refractivity contribution in [1.82, 2.24) is 0 Å². The molecular formula is C9H7F3O2S. The zero-order valence-electron chi connectivity index (χ0n) is 7.59. The number of hydrogen-bond donors (Lipinski definition) is 2. The Morgan fingerprint density at radius 1 is 1.40 bits per heavy atom. The van der Waals surface area contributed by atoms with E-state index in [-0.39, 0.29) is 10.5 Å². The lowest BCUT2D eigenvalue weighted by Gasteiger charge is -2.12. The van der Waals surface area contributed by atoms with E-state index in [1.807, 2.05) is 0 Å². The van der Waals surface area contributed by atoms with Gasteiger partial charge in [-0.25, -0.2) is 4.79 Å². The van der Waals surface area contributed by atoms with Gasteiger partial charge in [-0.3, -0.25) is 0 Å². The SMILES string of the molecule is Cc1c(S)cc(C(=O)O)cc1C(F)(F)F. The van der Waals surface area contributed by atoms with Crippen molar-refractivity contribution in [2.45, 2.75) is 18.0 Å². The highest BCUT2D eigenvalue weighted by Crippen LogP contribution is 2.34. The number of benzene rings is 1. The Bertz CT molecular complexity index is 413. The Hall–Kier alpha value is -1.17. The van der Waals surface area contributed by atoms with Crippen LogP contribution in [0.1, 0.15) is 21.5 Å². The van der Waals surface area contributed by atoms with E-state index in [9.17, 15) is 18.0 Å². The maximum atomic E-state index is 12.4. The van der Waals surface area contributed by atoms with Gasteiger partial charge in [0.15, 0.2) is 0 Å². The van der Waals surface area contributed by atoms with Gasteiger partial charge in [-0.15, -0.1) is 12.6 Å². The number of alkyl halides is 3. The molecule has 82 valence electrons. The van der Waals surface area contributed by atoms with Crippen LogP contribution >= 0.6 is 12.6 Å². The van der Waals surface area contributed by atoms with Gasteiger partial charge in [0.2, 0.25) is 0 Å². The van der Waals surface area contributed by atoms with Crippen LogP contribution in [0.15, 0.2) is 17.0 Å². The minimum absolute atomic E-state index is 0.0159. The van der Waals surface area contributed by atoms with Crippen molar-refractivity contribution < 1.29 is 23.1 Å². The monoisotopic (exact) mass is 236 g/mol. The molecule has 15 heavy (non-hydrogen) atoms. The van der Waals surface area contributed by atoms with Crippen molar-refractivity contribution in [2.24, 2.45) is 0 Å². The fourth-order valence-electron chi connectivity index (χ4n) is 1.12. The summed E-state index contributed by atoms with van der Waals surface area (Å²) in [6.07, 6.45) is -4.56. The van der Waals surface area contributed by atoms with Crippen molar-refractivity contribution >= 4 is 18.6 Å². The van der Waals surface area contributed by atoms with Crippen LogP contribution in [-0.4, -0.2) is 11.1 Å². The normalized spacial score (nSPS) is 11.5. The van der Waals surface area contributed by atoms with Crippen molar-refractivity contribution in [3.05, 3.63) is 28.8 Å². The summed E-state index contributed by atoms with van der Waals surface area (Å²) in [5.74, 6) is -1.41. The summed E-state index contributed by atoms with van der Waals surface area (Å²) >= 11 is 3.80. The summed E-state index contributed by atoms with van der Waals surface area (Å²) in [4.78, 5) is 10.6. The van der Waals surface area contributed by atoms with Crippen molar-refractivity contribution in [1.29, 1.82) is 0 Å². The fraction of sp³-hybridized carbons (Fsp3) is 0.222. The minimum Gasteiger partial charge on any atom is -0.478 e. The third-order valence-corrected chi connectivity index (χ3v) is 2.40. The molecule has 0 unspecified atom stereocenters. The first-order chi connectivity index (χ1) is 6.73. The number of carbonyl (C=O) groups is 1. The van der Waals surface area contributed by atoms with Gasteiger partial charge in [-0.1, -0.05) is 0 Å². The maximum Gasteiger partial charge on any atom is 0.416 e. The van der Waals surface area contributed by atoms with Gasteiger partial charge >= 0.3 is 12.1 Å². The molecule has 0 radical (unpaired) electrons. The molecule has 1 rings (SSSR count). The van der Waals surface area contributed by atoms with E-state index in [0.717, 1.165) is 6.07 Å². The zero-order chi connectivity index (χ0) is 11.8. The van der Waals surface area contributed by atoms with Gasteiger partial charge in [-0.2, -0.15) is 13.2 Å². The molecule has 1 N–H and O–H groups in total. The highest BCUT2D eigenvalue weighted by Gasteiger charge is 2.33. The van der Waals surface area contributed by atoms with E-state index in [1.165, 1.54) is 6.92 Å². The van der Waals surface area contributed by atoms with Crippen molar-refractivity contribution in [2.75, 3.05) is 0 Å². The molecule has 0 aliphatic heterocycles. The molecule has 0 saturated carbocycles. The molecule has 1 aromatic carbocycles. The second kappa shape index (κ2) is 3.77. The first-order valence-electron chi connectivity index (χ1n) is 3.87. The number of halogens is 3. The molecule has 6 heteroatoms. The smallest absolute Gasteiger partial charge is 0.416 e. The topological polar surface area (TPSA) is 37.3 Å². The molecule has 0 atom stereocenters. The maximum absolute atomic E-state index is 12.4. The van der Waals surface area contributed by atoms with Crippen LogP contribution in [0.2, 0.25) is 0 Å².